The van der Waals surface area contributed by atoms with E-state index in [1.807, 2.05) is 6.08 Å². The van der Waals surface area contributed by atoms with E-state index in [4.69, 9.17) is 14.2 Å². The standard InChI is InChI=1S/C28H34F2O7/c1-3-23(36-24-9-6-17(29)11-22(24)30)28(34)37-25-13-18(31)10-16-5-4-15(2)21(27(16)25)8-7-20-12-19(32)14-26(33)35-20/h4-6,9-11,15,18-21,23,25,27,31-32H,3,7-8,12-14H2,1-2H3/t15-,18+,19+,20+,21-,23?,25-,27-/m0/s1. The Balaban J connectivity index is 1.48. The van der Waals surface area contributed by atoms with Crippen LogP contribution in [0.4, 0.5) is 8.78 Å². The van der Waals surface area contributed by atoms with Gasteiger partial charge < -0.3 is 24.4 Å². The van der Waals surface area contributed by atoms with Crippen LogP contribution in [-0.4, -0.2) is 52.7 Å². The van der Waals surface area contributed by atoms with Crippen molar-refractivity contribution in [3.63, 3.8) is 0 Å². The van der Waals surface area contributed by atoms with Crippen LogP contribution in [0.3, 0.4) is 0 Å². The fourth-order valence-corrected chi connectivity index (χ4v) is 5.65. The van der Waals surface area contributed by atoms with Crippen molar-refractivity contribution in [3.05, 3.63) is 53.6 Å². The average molecular weight is 521 g/mol. The molecule has 1 unspecified atom stereocenters. The quantitative estimate of drug-likeness (QED) is 0.500. The second-order valence-corrected chi connectivity index (χ2v) is 10.2. The molecule has 0 amide bonds. The van der Waals surface area contributed by atoms with Crippen LogP contribution in [0.15, 0.2) is 42.0 Å². The highest BCUT2D eigenvalue weighted by Crippen LogP contribution is 2.44. The topological polar surface area (TPSA) is 102 Å². The molecule has 0 spiro atoms. The van der Waals surface area contributed by atoms with E-state index in [-0.39, 0.29) is 48.9 Å². The maximum Gasteiger partial charge on any atom is 0.347 e. The number of aliphatic hydroxyl groups is 2. The number of fused-ring (bicyclic) bond motifs is 1. The third kappa shape index (κ3) is 6.57. The molecule has 1 fully saturated rings. The molecule has 1 heterocycles. The van der Waals surface area contributed by atoms with Gasteiger partial charge in [-0.15, -0.1) is 0 Å². The lowest BCUT2D eigenvalue weighted by Crippen LogP contribution is -2.44. The molecule has 2 N–H and O–H groups in total. The molecule has 0 aromatic heterocycles. The van der Waals surface area contributed by atoms with E-state index in [1.165, 1.54) is 0 Å². The summed E-state index contributed by atoms with van der Waals surface area (Å²) in [6, 6.07) is 2.86. The molecule has 9 heteroatoms. The van der Waals surface area contributed by atoms with Gasteiger partial charge in [-0.2, -0.15) is 0 Å². The Labute approximate surface area is 215 Å². The lowest BCUT2D eigenvalue weighted by atomic mass is 9.66. The van der Waals surface area contributed by atoms with Crippen molar-refractivity contribution < 1.29 is 42.8 Å². The number of halogens is 2. The Morgan fingerprint density at radius 3 is 2.70 bits per heavy atom. The summed E-state index contributed by atoms with van der Waals surface area (Å²) < 4.78 is 44.2. The van der Waals surface area contributed by atoms with Crippen LogP contribution in [0.25, 0.3) is 0 Å². The van der Waals surface area contributed by atoms with Gasteiger partial charge in [0.05, 0.1) is 18.6 Å². The minimum Gasteiger partial charge on any atom is -0.476 e. The average Bonchev–Trinajstić information content (AvgIpc) is 2.82. The number of carbonyl (C=O) groups is 2. The normalized spacial score (nSPS) is 32.1. The third-order valence-corrected chi connectivity index (χ3v) is 7.49. The Bertz CT molecular complexity index is 1050. The minimum atomic E-state index is -1.11. The molecule has 4 rings (SSSR count). The number of aliphatic hydroxyl groups excluding tert-OH is 2. The molecule has 1 saturated heterocycles. The number of rotatable bonds is 8. The second kappa shape index (κ2) is 11.7. The number of cyclic esters (lactones) is 1. The first-order valence-electron chi connectivity index (χ1n) is 12.9. The zero-order valence-electron chi connectivity index (χ0n) is 21.0. The molecule has 1 aliphatic heterocycles. The monoisotopic (exact) mass is 520 g/mol. The third-order valence-electron chi connectivity index (χ3n) is 7.49. The van der Waals surface area contributed by atoms with E-state index in [0.717, 1.165) is 17.7 Å². The molecule has 0 bridgehead atoms. The maximum absolute atomic E-state index is 14.1. The highest BCUT2D eigenvalue weighted by Gasteiger charge is 2.43. The highest BCUT2D eigenvalue weighted by atomic mass is 19.1. The van der Waals surface area contributed by atoms with Gasteiger partial charge in [0, 0.05) is 24.8 Å². The summed E-state index contributed by atoms with van der Waals surface area (Å²) >= 11 is 0. The SMILES string of the molecule is CCC(Oc1ccc(F)cc1F)C(=O)O[C@H]1C[C@H](O)C=C2C=C[C@H](C)[C@H](CC[C@@H]3C[C@@H](O)CC(=O)O3)[C@H]21. The molecule has 202 valence electrons. The molecule has 1 aromatic rings. The molecule has 1 aromatic carbocycles. The molecule has 2 aliphatic carbocycles. The van der Waals surface area contributed by atoms with E-state index in [1.54, 1.807) is 13.0 Å². The first-order valence-corrected chi connectivity index (χ1v) is 12.9. The highest BCUT2D eigenvalue weighted by molar-refractivity contribution is 5.75. The molecule has 7 nitrogen and oxygen atoms in total. The van der Waals surface area contributed by atoms with Crippen molar-refractivity contribution in [1.29, 1.82) is 0 Å². The zero-order chi connectivity index (χ0) is 26.7. The summed E-state index contributed by atoms with van der Waals surface area (Å²) in [7, 11) is 0. The van der Waals surface area contributed by atoms with Crippen LogP contribution in [0, 0.1) is 29.4 Å². The fraction of sp³-hybridized carbons (Fsp3) is 0.571. The van der Waals surface area contributed by atoms with Crippen molar-refractivity contribution in [3.8, 4) is 5.75 Å². The van der Waals surface area contributed by atoms with Crippen LogP contribution in [-0.2, 0) is 19.1 Å². The summed E-state index contributed by atoms with van der Waals surface area (Å²) in [6.07, 6.45) is 4.17. The van der Waals surface area contributed by atoms with Gasteiger partial charge in [0.15, 0.2) is 17.7 Å². The van der Waals surface area contributed by atoms with Crippen molar-refractivity contribution >= 4 is 11.9 Å². The summed E-state index contributed by atoms with van der Waals surface area (Å²) in [5, 5.41) is 20.4. The molecular formula is C28H34F2O7. The van der Waals surface area contributed by atoms with E-state index in [2.05, 4.69) is 13.0 Å². The van der Waals surface area contributed by atoms with Gasteiger partial charge >= 0.3 is 11.9 Å². The number of benzene rings is 1. The van der Waals surface area contributed by atoms with Gasteiger partial charge in [-0.3, -0.25) is 4.79 Å². The lowest BCUT2D eigenvalue weighted by molar-refractivity contribution is -0.165. The van der Waals surface area contributed by atoms with E-state index < -0.39 is 48.0 Å². The summed E-state index contributed by atoms with van der Waals surface area (Å²) in [5.41, 5.74) is 0.874. The number of ether oxygens (including phenoxy) is 3. The zero-order valence-corrected chi connectivity index (χ0v) is 21.0. The molecule has 8 atom stereocenters. The molecule has 37 heavy (non-hydrogen) atoms. The summed E-state index contributed by atoms with van der Waals surface area (Å²) in [6.45, 7) is 3.77. The number of hydrogen-bond donors (Lipinski definition) is 2. The Kier molecular flexibility index (Phi) is 8.64. The number of carbonyl (C=O) groups excluding carboxylic acids is 2. The first-order chi connectivity index (χ1) is 17.6. The van der Waals surface area contributed by atoms with Crippen LogP contribution < -0.4 is 4.74 Å². The van der Waals surface area contributed by atoms with Gasteiger partial charge in [-0.1, -0.05) is 32.1 Å². The summed E-state index contributed by atoms with van der Waals surface area (Å²) in [5.74, 6) is -3.03. The first kappa shape index (κ1) is 27.3. The van der Waals surface area contributed by atoms with Gasteiger partial charge in [-0.05, 0) is 48.8 Å². The Morgan fingerprint density at radius 2 is 2.00 bits per heavy atom. The van der Waals surface area contributed by atoms with Crippen LogP contribution >= 0.6 is 0 Å². The summed E-state index contributed by atoms with van der Waals surface area (Å²) in [4.78, 5) is 24.9. The predicted octanol–water partition coefficient (Wildman–Crippen LogP) is 4.01. The largest absolute Gasteiger partial charge is 0.476 e. The minimum absolute atomic E-state index is 0.00693. The van der Waals surface area contributed by atoms with Gasteiger partial charge in [0.25, 0.3) is 0 Å². The van der Waals surface area contributed by atoms with Crippen molar-refractivity contribution in [2.75, 3.05) is 0 Å². The van der Waals surface area contributed by atoms with E-state index in [9.17, 15) is 28.6 Å². The fourth-order valence-electron chi connectivity index (χ4n) is 5.65. The second-order valence-electron chi connectivity index (χ2n) is 10.2. The lowest BCUT2D eigenvalue weighted by Gasteiger charge is -2.43. The van der Waals surface area contributed by atoms with E-state index in [0.29, 0.717) is 25.3 Å². The molecular weight excluding hydrogens is 486 g/mol. The Morgan fingerprint density at radius 1 is 1.22 bits per heavy atom. The molecule has 3 aliphatic rings. The number of hydrogen-bond acceptors (Lipinski definition) is 7. The van der Waals surface area contributed by atoms with Crippen LogP contribution in [0.1, 0.15) is 52.4 Å². The van der Waals surface area contributed by atoms with Crippen molar-refractivity contribution in [2.45, 2.75) is 82.9 Å². The Hall–Kier alpha value is -2.78. The molecule has 0 saturated carbocycles. The number of allylic oxidation sites excluding steroid dienone is 2. The van der Waals surface area contributed by atoms with Gasteiger partial charge in [0.1, 0.15) is 18.0 Å². The van der Waals surface area contributed by atoms with Gasteiger partial charge in [-0.25, -0.2) is 13.6 Å². The van der Waals surface area contributed by atoms with Crippen molar-refractivity contribution in [1.82, 2.24) is 0 Å². The maximum atomic E-state index is 14.1. The van der Waals surface area contributed by atoms with Gasteiger partial charge in [0.2, 0.25) is 0 Å². The predicted molar refractivity (Wildman–Crippen MR) is 129 cm³/mol. The van der Waals surface area contributed by atoms with Crippen LogP contribution in [0.5, 0.6) is 5.75 Å². The number of esters is 2. The van der Waals surface area contributed by atoms with Crippen molar-refractivity contribution in [2.24, 2.45) is 17.8 Å². The van der Waals surface area contributed by atoms with Crippen LogP contribution in [0.2, 0.25) is 0 Å². The molecule has 0 radical (unpaired) electrons. The van der Waals surface area contributed by atoms with E-state index >= 15 is 0 Å². The smallest absolute Gasteiger partial charge is 0.347 e.